The van der Waals surface area contributed by atoms with E-state index in [-0.39, 0.29) is 0 Å². The predicted octanol–water partition coefficient (Wildman–Crippen LogP) is 0.582. The Kier molecular flexibility index (Phi) is 3.96. The zero-order chi connectivity index (χ0) is 13.8. The Morgan fingerprint density at radius 2 is 2.05 bits per heavy atom. The number of nitrogens with one attached hydrogen (secondary N) is 1. The Morgan fingerprint density at radius 1 is 1.37 bits per heavy atom. The van der Waals surface area contributed by atoms with Crippen LogP contribution in [0.5, 0.6) is 5.75 Å². The molecule has 1 aliphatic heterocycles. The van der Waals surface area contributed by atoms with Crippen LogP contribution in [0.2, 0.25) is 0 Å². The summed E-state index contributed by atoms with van der Waals surface area (Å²) in [6.07, 6.45) is -1.03. The first-order chi connectivity index (χ1) is 9.10. The second-order valence-electron chi connectivity index (χ2n) is 4.32. The minimum absolute atomic E-state index is 0.609. The number of hydrazine groups is 1. The molecule has 1 amide bonds. The number of piperazine rings is 1. The van der Waals surface area contributed by atoms with Crippen molar-refractivity contribution >= 4 is 17.5 Å². The minimum atomic E-state index is -1.03. The van der Waals surface area contributed by atoms with Crippen molar-refractivity contribution in [1.82, 2.24) is 10.4 Å². The number of nitrogen functional groups attached to an aromatic ring is 1. The van der Waals surface area contributed by atoms with Gasteiger partial charge in [-0.1, -0.05) is 0 Å². The summed E-state index contributed by atoms with van der Waals surface area (Å²) in [5.41, 5.74) is 9.78. The first-order valence-corrected chi connectivity index (χ1v) is 6.03. The van der Waals surface area contributed by atoms with Crippen molar-refractivity contribution in [3.63, 3.8) is 0 Å². The molecular weight excluding hydrogens is 248 g/mol. The van der Waals surface area contributed by atoms with E-state index in [1.807, 2.05) is 18.2 Å². The second kappa shape index (κ2) is 5.66. The fraction of sp³-hybridized carbons (Fsp3) is 0.417. The highest BCUT2D eigenvalue weighted by atomic mass is 16.5. The van der Waals surface area contributed by atoms with Gasteiger partial charge >= 0.3 is 6.09 Å². The average molecular weight is 266 g/mol. The van der Waals surface area contributed by atoms with E-state index in [0.29, 0.717) is 24.5 Å². The number of methoxy groups -OCH3 is 1. The van der Waals surface area contributed by atoms with Gasteiger partial charge in [-0.25, -0.2) is 9.80 Å². The molecule has 4 N–H and O–H groups in total. The van der Waals surface area contributed by atoms with Crippen molar-refractivity contribution in [2.24, 2.45) is 0 Å². The van der Waals surface area contributed by atoms with Gasteiger partial charge in [0.15, 0.2) is 0 Å². The van der Waals surface area contributed by atoms with E-state index in [2.05, 4.69) is 10.3 Å². The molecule has 0 unspecified atom stereocenters. The summed E-state index contributed by atoms with van der Waals surface area (Å²) in [4.78, 5) is 12.7. The molecule has 0 saturated carbocycles. The van der Waals surface area contributed by atoms with E-state index in [1.165, 1.54) is 0 Å². The molecule has 1 heterocycles. The van der Waals surface area contributed by atoms with E-state index in [9.17, 15) is 4.79 Å². The summed E-state index contributed by atoms with van der Waals surface area (Å²) in [7, 11) is 1.59. The van der Waals surface area contributed by atoms with Crippen molar-refractivity contribution in [2.75, 3.05) is 43.9 Å². The molecule has 2 rings (SSSR count). The summed E-state index contributed by atoms with van der Waals surface area (Å²) in [6, 6.07) is 5.66. The maximum atomic E-state index is 10.5. The Hall–Kier alpha value is -2.15. The zero-order valence-electron chi connectivity index (χ0n) is 10.8. The second-order valence-corrected chi connectivity index (χ2v) is 4.32. The molecule has 1 aromatic rings. The number of carbonyl (C=O) groups is 1. The van der Waals surface area contributed by atoms with Crippen LogP contribution >= 0.6 is 0 Å². The van der Waals surface area contributed by atoms with Crippen LogP contribution in [-0.2, 0) is 0 Å². The normalized spacial score (nSPS) is 16.2. The quantitative estimate of drug-likeness (QED) is 0.693. The number of hydrogen-bond acceptors (Lipinski definition) is 5. The molecule has 0 aromatic heterocycles. The number of carboxylic acid groups (broad SMARTS) is 1. The maximum absolute atomic E-state index is 10.5. The number of hydrogen-bond donors (Lipinski definition) is 3. The van der Waals surface area contributed by atoms with Crippen molar-refractivity contribution in [1.29, 1.82) is 0 Å². The van der Waals surface area contributed by atoms with Crippen LogP contribution in [0, 0.1) is 0 Å². The first kappa shape index (κ1) is 13.3. The lowest BCUT2D eigenvalue weighted by Gasteiger charge is -2.35. The molecule has 1 aromatic carbocycles. The highest BCUT2D eigenvalue weighted by Gasteiger charge is 2.18. The molecule has 7 heteroatoms. The largest absolute Gasteiger partial charge is 0.495 e. The van der Waals surface area contributed by atoms with E-state index in [1.54, 1.807) is 12.1 Å². The van der Waals surface area contributed by atoms with Crippen LogP contribution in [0.4, 0.5) is 16.2 Å². The third kappa shape index (κ3) is 3.19. The number of nitrogens with zero attached hydrogens (tertiary/aromatic N) is 2. The molecule has 0 atom stereocenters. The van der Waals surface area contributed by atoms with Crippen molar-refractivity contribution in [3.8, 4) is 5.75 Å². The molecule has 0 aliphatic carbocycles. The van der Waals surface area contributed by atoms with Crippen LogP contribution in [0.25, 0.3) is 0 Å². The third-order valence-corrected chi connectivity index (χ3v) is 3.12. The smallest absolute Gasteiger partial charge is 0.419 e. The maximum Gasteiger partial charge on any atom is 0.419 e. The van der Waals surface area contributed by atoms with Gasteiger partial charge in [-0.15, -0.1) is 0 Å². The Bertz CT molecular complexity index is 458. The number of anilines is 2. The monoisotopic (exact) mass is 266 g/mol. The summed E-state index contributed by atoms with van der Waals surface area (Å²) in [5, 5.41) is 10.3. The number of ether oxygens (including phenoxy) is 1. The summed E-state index contributed by atoms with van der Waals surface area (Å²) >= 11 is 0. The predicted molar refractivity (Wildman–Crippen MR) is 72.4 cm³/mol. The van der Waals surface area contributed by atoms with Crippen LogP contribution in [0.15, 0.2) is 18.2 Å². The summed E-state index contributed by atoms with van der Waals surface area (Å²) in [5.74, 6) is 0.656. The van der Waals surface area contributed by atoms with Crippen molar-refractivity contribution in [2.45, 2.75) is 0 Å². The Morgan fingerprint density at radius 3 is 2.63 bits per heavy atom. The van der Waals surface area contributed by atoms with E-state index >= 15 is 0 Å². The summed E-state index contributed by atoms with van der Waals surface area (Å²) < 4.78 is 5.20. The highest BCUT2D eigenvalue weighted by molar-refractivity contribution is 5.64. The van der Waals surface area contributed by atoms with Gasteiger partial charge in [0, 0.05) is 37.9 Å². The first-order valence-electron chi connectivity index (χ1n) is 6.03. The van der Waals surface area contributed by atoms with Crippen LogP contribution in [0.1, 0.15) is 0 Å². The van der Waals surface area contributed by atoms with Gasteiger partial charge in [-0.05, 0) is 12.1 Å². The lowest BCUT2D eigenvalue weighted by Crippen LogP contribution is -2.53. The molecule has 0 radical (unpaired) electrons. The minimum Gasteiger partial charge on any atom is -0.495 e. The lowest BCUT2D eigenvalue weighted by atomic mass is 10.2. The van der Waals surface area contributed by atoms with E-state index in [0.717, 1.165) is 18.8 Å². The lowest BCUT2D eigenvalue weighted by molar-refractivity contribution is 0.134. The topological polar surface area (TPSA) is 91.1 Å². The fourth-order valence-electron chi connectivity index (χ4n) is 2.11. The highest BCUT2D eigenvalue weighted by Crippen LogP contribution is 2.27. The SMILES string of the molecule is COc1cc(N2CCN(NC(=O)O)CC2)ccc1N. The van der Waals surface area contributed by atoms with E-state index in [4.69, 9.17) is 15.6 Å². The Labute approximate surface area is 111 Å². The molecule has 0 spiro atoms. The molecule has 1 aliphatic rings. The van der Waals surface area contributed by atoms with Crippen molar-refractivity contribution < 1.29 is 14.6 Å². The molecule has 7 nitrogen and oxygen atoms in total. The molecular formula is C12H18N4O3. The Balaban J connectivity index is 1.99. The van der Waals surface area contributed by atoms with Gasteiger partial charge in [-0.2, -0.15) is 0 Å². The van der Waals surface area contributed by atoms with Crippen LogP contribution in [-0.4, -0.2) is 49.5 Å². The number of rotatable bonds is 3. The molecule has 19 heavy (non-hydrogen) atoms. The van der Waals surface area contributed by atoms with Gasteiger partial charge in [0.1, 0.15) is 5.75 Å². The van der Waals surface area contributed by atoms with Crippen LogP contribution < -0.4 is 20.8 Å². The van der Waals surface area contributed by atoms with Gasteiger partial charge in [-0.3, -0.25) is 5.43 Å². The molecule has 1 fully saturated rings. The number of nitrogens with two attached hydrogens (primary N) is 1. The van der Waals surface area contributed by atoms with Gasteiger partial charge < -0.3 is 20.5 Å². The standard InChI is InChI=1S/C12H18N4O3/c1-19-11-8-9(2-3-10(11)13)15-4-6-16(7-5-15)14-12(17)18/h2-3,8,14H,4-7,13H2,1H3,(H,17,18). The van der Waals surface area contributed by atoms with E-state index < -0.39 is 6.09 Å². The summed E-state index contributed by atoms with van der Waals surface area (Å²) in [6.45, 7) is 2.76. The zero-order valence-corrected chi connectivity index (χ0v) is 10.8. The molecule has 104 valence electrons. The van der Waals surface area contributed by atoms with Gasteiger partial charge in [0.25, 0.3) is 0 Å². The number of benzene rings is 1. The molecule has 0 bridgehead atoms. The van der Waals surface area contributed by atoms with Crippen LogP contribution in [0.3, 0.4) is 0 Å². The number of amides is 1. The van der Waals surface area contributed by atoms with Gasteiger partial charge in [0.2, 0.25) is 0 Å². The third-order valence-electron chi connectivity index (χ3n) is 3.12. The fourth-order valence-corrected chi connectivity index (χ4v) is 2.11. The van der Waals surface area contributed by atoms with Gasteiger partial charge in [0.05, 0.1) is 12.8 Å². The molecule has 1 saturated heterocycles. The average Bonchev–Trinajstić information content (AvgIpc) is 2.40. The van der Waals surface area contributed by atoms with Crippen molar-refractivity contribution in [3.05, 3.63) is 18.2 Å².